The van der Waals surface area contributed by atoms with E-state index in [0.717, 1.165) is 24.2 Å². The van der Waals surface area contributed by atoms with Gasteiger partial charge in [-0.2, -0.15) is 4.98 Å². The van der Waals surface area contributed by atoms with Crippen molar-refractivity contribution < 1.29 is 19.2 Å². The first-order valence-electron chi connectivity index (χ1n) is 10.1. The van der Waals surface area contributed by atoms with Gasteiger partial charge in [0, 0.05) is 11.6 Å². The normalized spacial score (nSPS) is 28.7. The van der Waals surface area contributed by atoms with E-state index in [1.54, 1.807) is 23.4 Å². The Kier molecular flexibility index (Phi) is 3.96. The molecule has 3 aliphatic heterocycles. The third-order valence-electron chi connectivity index (χ3n) is 6.22. The fraction of sp³-hybridized carbons (Fsp3) is 0.500. The first kappa shape index (κ1) is 18.3. The van der Waals surface area contributed by atoms with Gasteiger partial charge < -0.3 is 24.2 Å². The summed E-state index contributed by atoms with van der Waals surface area (Å²) in [5.41, 5.74) is 0.578. The predicted octanol–water partition coefficient (Wildman–Crippen LogP) is 2.19. The second kappa shape index (κ2) is 6.50. The standard InChI is InChI=1S/C20H20ClN5O4/c21-11-3-4-13-14(8-11)25(9-12-2-1-7-29-12)18(27)16-15(22-10-26(13)16)17-23-19(24-30-17)20(28)5-6-20/h3-4,8,10,12,15-16,28H,1-2,5-7,9H2. The van der Waals surface area contributed by atoms with Gasteiger partial charge in [0.15, 0.2) is 6.04 Å². The van der Waals surface area contributed by atoms with E-state index in [9.17, 15) is 9.90 Å². The Morgan fingerprint density at radius 1 is 1.30 bits per heavy atom. The number of ether oxygens (including phenoxy) is 1. The zero-order valence-corrected chi connectivity index (χ0v) is 16.8. The Hall–Kier alpha value is -2.49. The van der Waals surface area contributed by atoms with Gasteiger partial charge in [-0.15, -0.1) is 0 Å². The van der Waals surface area contributed by atoms with Crippen molar-refractivity contribution in [3.05, 3.63) is 34.9 Å². The lowest BCUT2D eigenvalue weighted by Gasteiger charge is -2.40. The van der Waals surface area contributed by atoms with Gasteiger partial charge in [-0.1, -0.05) is 16.8 Å². The van der Waals surface area contributed by atoms with Crippen LogP contribution in [0, 0.1) is 0 Å². The molecule has 3 unspecified atom stereocenters. The minimum absolute atomic E-state index is 0.00720. The molecule has 1 amide bonds. The number of rotatable bonds is 4. The molecule has 156 valence electrons. The number of anilines is 2. The minimum Gasteiger partial charge on any atom is -0.382 e. The molecule has 2 aromatic rings. The van der Waals surface area contributed by atoms with Crippen molar-refractivity contribution in [1.82, 2.24) is 10.1 Å². The second-order valence-electron chi connectivity index (χ2n) is 8.27. The number of halogens is 1. The summed E-state index contributed by atoms with van der Waals surface area (Å²) in [4.78, 5) is 26.1. The van der Waals surface area contributed by atoms with Crippen LogP contribution in [0.25, 0.3) is 0 Å². The largest absolute Gasteiger partial charge is 0.382 e. The molecule has 1 N–H and O–H groups in total. The van der Waals surface area contributed by atoms with Crippen LogP contribution >= 0.6 is 11.6 Å². The van der Waals surface area contributed by atoms with E-state index in [-0.39, 0.29) is 23.7 Å². The molecule has 0 bridgehead atoms. The van der Waals surface area contributed by atoms with Crippen LogP contribution in [-0.2, 0) is 15.1 Å². The maximum absolute atomic E-state index is 13.6. The third kappa shape index (κ3) is 2.76. The molecule has 6 rings (SSSR count). The van der Waals surface area contributed by atoms with Crippen LogP contribution in [0.4, 0.5) is 11.4 Å². The molecule has 1 aliphatic carbocycles. The maximum Gasteiger partial charge on any atom is 0.254 e. The van der Waals surface area contributed by atoms with Crippen molar-refractivity contribution in [3.8, 4) is 0 Å². The molecule has 1 aromatic heterocycles. The topological polar surface area (TPSA) is 104 Å². The molecular weight excluding hydrogens is 410 g/mol. The first-order chi connectivity index (χ1) is 14.5. The highest BCUT2D eigenvalue weighted by Gasteiger charge is 2.51. The Morgan fingerprint density at radius 3 is 2.93 bits per heavy atom. The van der Waals surface area contributed by atoms with Gasteiger partial charge in [0.2, 0.25) is 5.82 Å². The predicted molar refractivity (Wildman–Crippen MR) is 108 cm³/mol. The number of hydrogen-bond acceptors (Lipinski definition) is 8. The quantitative estimate of drug-likeness (QED) is 0.794. The monoisotopic (exact) mass is 429 g/mol. The minimum atomic E-state index is -1.00. The Labute approximate surface area is 177 Å². The lowest BCUT2D eigenvalue weighted by Crippen LogP contribution is -2.54. The summed E-state index contributed by atoms with van der Waals surface area (Å²) >= 11 is 6.25. The van der Waals surface area contributed by atoms with Gasteiger partial charge in [0.1, 0.15) is 11.6 Å². The third-order valence-corrected chi connectivity index (χ3v) is 6.46. The zero-order valence-electron chi connectivity index (χ0n) is 16.1. The maximum atomic E-state index is 13.6. The van der Waals surface area contributed by atoms with Crippen LogP contribution in [0.5, 0.6) is 0 Å². The zero-order chi connectivity index (χ0) is 20.5. The Morgan fingerprint density at radius 2 is 2.17 bits per heavy atom. The molecule has 0 spiro atoms. The molecule has 9 nitrogen and oxygen atoms in total. The van der Waals surface area contributed by atoms with Gasteiger partial charge in [-0.25, -0.2) is 0 Å². The fourth-order valence-electron chi connectivity index (χ4n) is 4.39. The smallest absolute Gasteiger partial charge is 0.254 e. The van der Waals surface area contributed by atoms with Crippen LogP contribution < -0.4 is 9.80 Å². The van der Waals surface area contributed by atoms with Gasteiger partial charge >= 0.3 is 0 Å². The molecule has 30 heavy (non-hydrogen) atoms. The molecular formula is C20H20ClN5O4. The van der Waals surface area contributed by atoms with Crippen LogP contribution in [-0.4, -0.2) is 52.8 Å². The number of hydrogen-bond donors (Lipinski definition) is 1. The fourth-order valence-corrected chi connectivity index (χ4v) is 4.56. The van der Waals surface area contributed by atoms with E-state index in [1.807, 2.05) is 11.0 Å². The van der Waals surface area contributed by atoms with Gasteiger partial charge in [0.05, 0.1) is 30.4 Å². The number of nitrogens with zero attached hydrogens (tertiary/aromatic N) is 5. The van der Waals surface area contributed by atoms with Crippen LogP contribution in [0.1, 0.15) is 43.4 Å². The summed E-state index contributed by atoms with van der Waals surface area (Å²) in [6, 6.07) is 4.21. The van der Waals surface area contributed by atoms with Crippen molar-refractivity contribution in [3.63, 3.8) is 0 Å². The van der Waals surface area contributed by atoms with Gasteiger partial charge in [-0.3, -0.25) is 9.79 Å². The summed E-state index contributed by atoms with van der Waals surface area (Å²) in [6.07, 6.45) is 4.75. The van der Waals surface area contributed by atoms with Crippen molar-refractivity contribution >= 4 is 35.2 Å². The number of carbonyl (C=O) groups excluding carboxylic acids is 1. The van der Waals surface area contributed by atoms with E-state index in [2.05, 4.69) is 15.1 Å². The SMILES string of the molecule is O=C1C2C(c3nc(C4(O)CC4)no3)N=CN2c2ccc(Cl)cc2N1CC1CCCO1. The lowest BCUT2D eigenvalue weighted by atomic mass is 10.0. The average Bonchev–Trinajstić information content (AvgIpc) is 3.21. The summed E-state index contributed by atoms with van der Waals surface area (Å²) in [5.74, 6) is 0.377. The molecule has 2 fully saturated rings. The van der Waals surface area contributed by atoms with Crippen molar-refractivity contribution in [2.75, 3.05) is 23.0 Å². The van der Waals surface area contributed by atoms with Crippen LogP contribution in [0.2, 0.25) is 5.02 Å². The summed E-state index contributed by atoms with van der Waals surface area (Å²) < 4.78 is 11.2. The second-order valence-corrected chi connectivity index (χ2v) is 8.70. The van der Waals surface area contributed by atoms with Gasteiger partial charge in [0.25, 0.3) is 11.8 Å². The lowest BCUT2D eigenvalue weighted by molar-refractivity contribution is -0.120. The molecule has 1 saturated carbocycles. The van der Waals surface area contributed by atoms with E-state index in [4.69, 9.17) is 20.9 Å². The number of fused-ring (bicyclic) bond motifs is 3. The number of benzene rings is 1. The van der Waals surface area contributed by atoms with Crippen LogP contribution in [0.15, 0.2) is 27.7 Å². The summed E-state index contributed by atoms with van der Waals surface area (Å²) in [5, 5.41) is 14.7. The van der Waals surface area contributed by atoms with Crippen molar-refractivity contribution in [2.45, 2.75) is 49.5 Å². The highest BCUT2D eigenvalue weighted by Crippen LogP contribution is 2.46. The number of aliphatic imine (C=N–C) groups is 1. The first-order valence-corrected chi connectivity index (χ1v) is 10.5. The number of aromatic nitrogens is 2. The summed E-state index contributed by atoms with van der Waals surface area (Å²) in [7, 11) is 0. The molecule has 1 aromatic carbocycles. The number of aliphatic hydroxyl groups is 1. The Bertz CT molecular complexity index is 1050. The van der Waals surface area contributed by atoms with E-state index in [0.29, 0.717) is 31.0 Å². The molecule has 10 heteroatoms. The van der Waals surface area contributed by atoms with E-state index >= 15 is 0 Å². The number of amides is 1. The molecule has 4 heterocycles. The Balaban J connectivity index is 1.37. The van der Waals surface area contributed by atoms with Crippen molar-refractivity contribution in [2.24, 2.45) is 4.99 Å². The van der Waals surface area contributed by atoms with Crippen LogP contribution in [0.3, 0.4) is 0 Å². The highest BCUT2D eigenvalue weighted by atomic mass is 35.5. The molecule has 0 radical (unpaired) electrons. The van der Waals surface area contributed by atoms with E-state index in [1.165, 1.54) is 0 Å². The van der Waals surface area contributed by atoms with Crippen molar-refractivity contribution in [1.29, 1.82) is 0 Å². The molecule has 4 aliphatic rings. The molecule has 3 atom stereocenters. The average molecular weight is 430 g/mol. The molecule has 1 saturated heterocycles. The van der Waals surface area contributed by atoms with Gasteiger partial charge in [-0.05, 0) is 43.9 Å². The van der Waals surface area contributed by atoms with E-state index < -0.39 is 17.7 Å². The highest BCUT2D eigenvalue weighted by molar-refractivity contribution is 6.31. The summed E-state index contributed by atoms with van der Waals surface area (Å²) in [6.45, 7) is 1.17. The number of carbonyl (C=O) groups is 1.